The summed E-state index contributed by atoms with van der Waals surface area (Å²) < 4.78 is 28.4. The van der Waals surface area contributed by atoms with Crippen LogP contribution in [0.4, 0.5) is 14.6 Å². The Morgan fingerprint density at radius 3 is 2.58 bits per heavy atom. The van der Waals surface area contributed by atoms with Crippen molar-refractivity contribution in [3.8, 4) is 0 Å². The van der Waals surface area contributed by atoms with Crippen LogP contribution in [0.15, 0.2) is 66.9 Å². The second kappa shape index (κ2) is 8.51. The first-order valence-corrected chi connectivity index (χ1v) is 9.76. The minimum absolute atomic E-state index is 0.0272. The average Bonchev–Trinajstić information content (AvgIpc) is 3.02. The van der Waals surface area contributed by atoms with Gasteiger partial charge in [-0.1, -0.05) is 24.3 Å². The molecule has 1 N–H and O–H groups in total. The number of benzene rings is 2. The van der Waals surface area contributed by atoms with Crippen molar-refractivity contribution in [2.24, 2.45) is 0 Å². The second-order valence-electron chi connectivity index (χ2n) is 7.27. The number of hydrogen-bond donors (Lipinski definition) is 1. The standard InChI is InChI=1S/C23H19F2N3O3/c24-16-9-7-15(8-10-16)14-27-19(22-17(23(27)30)4-3-5-18(22)25)11-12-21(29)26-20-6-1-2-13-28(20)31/h1-10,13,19H,11-12,14H2,(H,26,29). The molecule has 1 aliphatic heterocycles. The molecule has 2 heterocycles. The molecule has 4 rings (SSSR count). The summed E-state index contributed by atoms with van der Waals surface area (Å²) in [6, 6.07) is 14.0. The number of anilines is 1. The molecule has 1 atom stereocenters. The molecule has 1 aliphatic rings. The Bertz CT molecular complexity index is 1140. The van der Waals surface area contributed by atoms with Gasteiger partial charge in [-0.05, 0) is 42.3 Å². The van der Waals surface area contributed by atoms with Crippen molar-refractivity contribution in [3.05, 3.63) is 100 Å². The van der Waals surface area contributed by atoms with Crippen LogP contribution >= 0.6 is 0 Å². The topological polar surface area (TPSA) is 76.4 Å². The van der Waals surface area contributed by atoms with E-state index in [-0.39, 0.29) is 42.2 Å². The molecule has 31 heavy (non-hydrogen) atoms. The highest BCUT2D eigenvalue weighted by Crippen LogP contribution is 2.39. The van der Waals surface area contributed by atoms with E-state index in [9.17, 15) is 23.6 Å². The Labute approximate surface area is 177 Å². The lowest BCUT2D eigenvalue weighted by molar-refractivity contribution is -0.590. The molecule has 3 aromatic rings. The number of fused-ring (bicyclic) bond motifs is 1. The zero-order valence-electron chi connectivity index (χ0n) is 16.4. The van der Waals surface area contributed by atoms with Crippen LogP contribution in [0, 0.1) is 16.8 Å². The summed E-state index contributed by atoms with van der Waals surface area (Å²) in [6.07, 6.45) is 1.40. The van der Waals surface area contributed by atoms with Crippen LogP contribution in [0.1, 0.15) is 40.4 Å². The van der Waals surface area contributed by atoms with E-state index in [4.69, 9.17) is 0 Å². The van der Waals surface area contributed by atoms with Crippen molar-refractivity contribution in [2.75, 3.05) is 5.32 Å². The number of amides is 2. The number of nitrogens with zero attached hydrogens (tertiary/aromatic N) is 2. The predicted molar refractivity (Wildman–Crippen MR) is 109 cm³/mol. The van der Waals surface area contributed by atoms with Gasteiger partial charge in [-0.3, -0.25) is 4.79 Å². The predicted octanol–water partition coefficient (Wildman–Crippen LogP) is 3.71. The Kier molecular flexibility index (Phi) is 5.62. The Morgan fingerprint density at radius 1 is 1.06 bits per heavy atom. The minimum Gasteiger partial charge on any atom is -0.711 e. The van der Waals surface area contributed by atoms with Gasteiger partial charge in [0.25, 0.3) is 11.7 Å². The molecule has 0 saturated carbocycles. The number of carbonyl (C=O) groups is 2. The number of hydrogen-bond acceptors (Lipinski definition) is 3. The number of aromatic nitrogens is 1. The van der Waals surface area contributed by atoms with E-state index in [1.54, 1.807) is 30.3 Å². The third kappa shape index (κ3) is 4.23. The Hall–Kier alpha value is -3.81. The third-order valence-electron chi connectivity index (χ3n) is 5.26. The van der Waals surface area contributed by atoms with Crippen LogP contribution in [0.5, 0.6) is 0 Å². The summed E-state index contributed by atoms with van der Waals surface area (Å²) >= 11 is 0. The van der Waals surface area contributed by atoms with E-state index in [1.165, 1.54) is 41.4 Å². The maximum atomic E-state index is 14.6. The van der Waals surface area contributed by atoms with Gasteiger partial charge < -0.3 is 10.1 Å². The molecule has 8 heteroatoms. The van der Waals surface area contributed by atoms with E-state index >= 15 is 0 Å². The lowest BCUT2D eigenvalue weighted by Gasteiger charge is -2.25. The van der Waals surface area contributed by atoms with Gasteiger partial charge in [0.2, 0.25) is 0 Å². The van der Waals surface area contributed by atoms with Crippen molar-refractivity contribution in [2.45, 2.75) is 25.4 Å². The molecule has 6 nitrogen and oxygen atoms in total. The first-order valence-electron chi connectivity index (χ1n) is 9.76. The van der Waals surface area contributed by atoms with Crippen molar-refractivity contribution >= 4 is 17.6 Å². The molecule has 0 bridgehead atoms. The van der Waals surface area contributed by atoms with E-state index in [1.807, 2.05) is 0 Å². The van der Waals surface area contributed by atoms with Crippen molar-refractivity contribution in [1.82, 2.24) is 4.90 Å². The van der Waals surface area contributed by atoms with E-state index in [2.05, 4.69) is 5.32 Å². The summed E-state index contributed by atoms with van der Waals surface area (Å²) in [5, 5.41) is 14.2. The molecule has 1 unspecified atom stereocenters. The fraction of sp³-hybridized carbons (Fsp3) is 0.174. The van der Waals surface area contributed by atoms with Gasteiger partial charge in [0, 0.05) is 23.7 Å². The lowest BCUT2D eigenvalue weighted by Crippen LogP contribution is -2.32. The number of halogens is 2. The van der Waals surface area contributed by atoms with Gasteiger partial charge in [0.1, 0.15) is 11.6 Å². The highest BCUT2D eigenvalue weighted by atomic mass is 19.1. The third-order valence-corrected chi connectivity index (χ3v) is 5.26. The number of pyridine rings is 1. The van der Waals surface area contributed by atoms with E-state index < -0.39 is 23.6 Å². The summed E-state index contributed by atoms with van der Waals surface area (Å²) in [5.41, 5.74) is 1.20. The van der Waals surface area contributed by atoms with Gasteiger partial charge in [-0.25, -0.2) is 23.6 Å². The molecule has 2 aromatic carbocycles. The lowest BCUT2D eigenvalue weighted by atomic mass is 9.99. The largest absolute Gasteiger partial charge is 0.711 e. The molecule has 0 spiro atoms. The molecule has 0 aliphatic carbocycles. The molecule has 1 aromatic heterocycles. The molecular weight excluding hydrogens is 404 g/mol. The van der Waals surface area contributed by atoms with Gasteiger partial charge in [0.15, 0.2) is 0 Å². The normalized spacial score (nSPS) is 15.1. The Balaban J connectivity index is 1.54. The van der Waals surface area contributed by atoms with Crippen LogP contribution in [0.2, 0.25) is 0 Å². The number of carbonyl (C=O) groups excluding carboxylic acids is 2. The molecular formula is C23H19F2N3O3. The maximum Gasteiger partial charge on any atom is 0.307 e. The van der Waals surface area contributed by atoms with Crippen molar-refractivity contribution in [3.63, 3.8) is 0 Å². The molecule has 158 valence electrons. The van der Waals surface area contributed by atoms with Crippen LogP contribution in [0.25, 0.3) is 0 Å². The van der Waals surface area contributed by atoms with E-state index in [0.29, 0.717) is 10.3 Å². The second-order valence-corrected chi connectivity index (χ2v) is 7.27. The molecule has 0 fully saturated rings. The zero-order chi connectivity index (χ0) is 22.0. The summed E-state index contributed by atoms with van der Waals surface area (Å²) in [6.45, 7) is 0.152. The number of rotatable bonds is 6. The fourth-order valence-corrected chi connectivity index (χ4v) is 3.78. The highest BCUT2D eigenvalue weighted by molar-refractivity contribution is 5.99. The molecule has 0 saturated heterocycles. The smallest absolute Gasteiger partial charge is 0.307 e. The first kappa shape index (κ1) is 20.5. The van der Waals surface area contributed by atoms with Crippen LogP contribution < -0.4 is 10.0 Å². The monoisotopic (exact) mass is 423 g/mol. The van der Waals surface area contributed by atoms with Crippen molar-refractivity contribution in [1.29, 1.82) is 0 Å². The first-order chi connectivity index (χ1) is 14.9. The van der Waals surface area contributed by atoms with Crippen molar-refractivity contribution < 1.29 is 23.1 Å². The highest BCUT2D eigenvalue weighted by Gasteiger charge is 2.39. The summed E-state index contributed by atoms with van der Waals surface area (Å²) in [5.74, 6) is -1.59. The van der Waals surface area contributed by atoms with E-state index in [0.717, 1.165) is 0 Å². The summed E-state index contributed by atoms with van der Waals surface area (Å²) in [7, 11) is 0. The van der Waals surface area contributed by atoms with Gasteiger partial charge in [-0.2, -0.15) is 0 Å². The fourth-order valence-electron chi connectivity index (χ4n) is 3.78. The quantitative estimate of drug-likeness (QED) is 0.485. The zero-order valence-corrected chi connectivity index (χ0v) is 16.4. The Morgan fingerprint density at radius 2 is 1.84 bits per heavy atom. The maximum absolute atomic E-state index is 14.6. The van der Waals surface area contributed by atoms with Crippen LogP contribution in [-0.4, -0.2) is 16.7 Å². The van der Waals surface area contributed by atoms with Gasteiger partial charge in [0.05, 0.1) is 18.7 Å². The molecule has 0 radical (unpaired) electrons. The van der Waals surface area contributed by atoms with Gasteiger partial charge in [-0.15, -0.1) is 0 Å². The van der Waals surface area contributed by atoms with Crippen LogP contribution in [-0.2, 0) is 11.3 Å². The van der Waals surface area contributed by atoms with Gasteiger partial charge >= 0.3 is 5.91 Å². The summed E-state index contributed by atoms with van der Waals surface area (Å²) in [4.78, 5) is 26.8. The minimum atomic E-state index is -0.658. The molecule has 2 amide bonds. The van der Waals surface area contributed by atoms with Crippen LogP contribution in [0.3, 0.4) is 0 Å². The average molecular weight is 423 g/mol. The number of nitrogens with one attached hydrogen (secondary N) is 1. The SMILES string of the molecule is O=C(CCC1c2c(F)cccc2C(=O)N1Cc1ccc(F)cc1)Nc1cccc[n+]1[O-].